The van der Waals surface area contributed by atoms with E-state index in [0.29, 0.717) is 12.0 Å². The van der Waals surface area contributed by atoms with Crippen molar-refractivity contribution in [1.29, 1.82) is 0 Å². The van der Waals surface area contributed by atoms with E-state index in [1.54, 1.807) is 78.0 Å². The number of carbonyl (C=O) groups is 2. The molecule has 5 aliphatic heterocycles. The molecular formula is C65H100O22. The highest BCUT2D eigenvalue weighted by Crippen LogP contribution is 2.44. The minimum absolute atomic E-state index is 0.0101. The van der Waals surface area contributed by atoms with Crippen LogP contribution in [0.1, 0.15) is 125 Å². The number of aliphatic hydroxyl groups excluding tert-OH is 5. The molecule has 0 bridgehead atoms. The summed E-state index contributed by atoms with van der Waals surface area (Å²) in [7, 11) is 5.78. The molecule has 0 aromatic heterocycles. The highest BCUT2D eigenvalue weighted by atomic mass is 16.7. The third kappa shape index (κ3) is 18.7. The van der Waals surface area contributed by atoms with Crippen molar-refractivity contribution in [2.45, 2.75) is 249 Å². The van der Waals surface area contributed by atoms with Crippen LogP contribution < -0.4 is 0 Å². The molecule has 6 rings (SSSR count). The molecule has 0 saturated carbocycles. The lowest BCUT2D eigenvalue weighted by atomic mass is 9.76. The normalized spacial score (nSPS) is 44.0. The smallest absolute Gasteiger partial charge is 0.338 e. The molecule has 0 radical (unpaired) electrons. The number of allylic oxidation sites excluding steroid dienone is 7. The van der Waals surface area contributed by atoms with E-state index in [2.05, 4.69) is 0 Å². The van der Waals surface area contributed by atoms with Gasteiger partial charge in [-0.25, -0.2) is 9.59 Å². The first-order chi connectivity index (χ1) is 41.0. The van der Waals surface area contributed by atoms with Gasteiger partial charge >= 0.3 is 11.9 Å². The number of methoxy groups -OCH3 is 4. The van der Waals surface area contributed by atoms with Crippen molar-refractivity contribution in [1.82, 2.24) is 0 Å². The van der Waals surface area contributed by atoms with Crippen LogP contribution in [0.5, 0.6) is 0 Å². The van der Waals surface area contributed by atoms with Crippen LogP contribution >= 0.6 is 0 Å². The fraction of sp³-hybridized carbons (Fsp3) is 0.723. The lowest BCUT2D eigenvalue weighted by Gasteiger charge is -2.52. The molecule has 0 aliphatic carbocycles. The maximum atomic E-state index is 14.4. The highest BCUT2D eigenvalue weighted by Gasteiger charge is 2.59. The van der Waals surface area contributed by atoms with E-state index in [1.807, 2.05) is 51.2 Å². The lowest BCUT2D eigenvalue weighted by Crippen LogP contribution is -2.66. The molecule has 5 aliphatic rings. The molecule has 4 saturated heterocycles. The van der Waals surface area contributed by atoms with E-state index in [1.165, 1.54) is 42.3 Å². The largest absolute Gasteiger partial charge is 0.450 e. The van der Waals surface area contributed by atoms with Gasteiger partial charge < -0.3 is 97.3 Å². The minimum Gasteiger partial charge on any atom is -0.450 e. The van der Waals surface area contributed by atoms with Gasteiger partial charge in [-0.15, -0.1) is 0 Å². The summed E-state index contributed by atoms with van der Waals surface area (Å²) in [5.74, 6) is -6.37. The Hall–Kier alpha value is -3.86. The number of hydrogen-bond donors (Lipinski definition) is 7. The summed E-state index contributed by atoms with van der Waals surface area (Å²) >= 11 is 0. The number of rotatable bonds is 16. The molecule has 22 heteroatoms. The number of aliphatic hydroxyl groups is 7. The molecule has 7 N–H and O–H groups in total. The zero-order valence-electron chi connectivity index (χ0n) is 53.3. The number of ether oxygens (including phenoxy) is 13. The van der Waals surface area contributed by atoms with Gasteiger partial charge in [-0.05, 0) is 86.4 Å². The Labute approximate surface area is 513 Å². The predicted octanol–water partition coefficient (Wildman–Crippen LogP) is 5.45. The van der Waals surface area contributed by atoms with Gasteiger partial charge in [-0.1, -0.05) is 86.1 Å². The van der Waals surface area contributed by atoms with Gasteiger partial charge in [0.25, 0.3) is 0 Å². The topological polar surface area (TPSA) is 296 Å². The SMILES string of the molecule is COC[C@@H](CC1O[C@@](O)([C@@H]2OC(=O)/C(C)=C/C(C)=C/C(C)=C/[C@@H](C)[C@H](O[C@@H]3O[C@@H](C)[C@H](OC)[C@@H](O)[C@@H]3OC(=O)c3ccccc3)/C=C/C(C)=C/CC[C@H](O)[C@@H](OC)C[C@@H]2O)[C@H](C)[C@@H](O)[C@H]1C)O[C@H]1C[C@](C)(O)[C@@H](O[C@H]2C[C@@H](OC)[C@H](O)[C@@H](C)O2)[C@H](C)O1. The summed E-state index contributed by atoms with van der Waals surface area (Å²) in [6.07, 6.45) is -9.05. The zero-order valence-corrected chi connectivity index (χ0v) is 53.3. The number of cyclic esters (lactones) is 1. The molecule has 5 heterocycles. The predicted molar refractivity (Wildman–Crippen MR) is 317 cm³/mol. The molecular weight excluding hydrogens is 1130 g/mol. The van der Waals surface area contributed by atoms with Gasteiger partial charge in [0.05, 0.1) is 84.9 Å². The second-order valence-corrected chi connectivity index (χ2v) is 24.7. The summed E-state index contributed by atoms with van der Waals surface area (Å²) in [6, 6.07) is 8.38. The summed E-state index contributed by atoms with van der Waals surface area (Å²) in [4.78, 5) is 27.9. The van der Waals surface area contributed by atoms with Crippen molar-refractivity contribution in [3.05, 3.63) is 94.6 Å². The molecule has 22 nitrogen and oxygen atoms in total. The van der Waals surface area contributed by atoms with Crippen LogP contribution in [0.15, 0.2) is 89.1 Å². The molecule has 87 heavy (non-hydrogen) atoms. The van der Waals surface area contributed by atoms with Crippen molar-refractivity contribution in [3.8, 4) is 0 Å². The number of hydrogen-bond acceptors (Lipinski definition) is 22. The minimum atomic E-state index is -2.55. The molecule has 1 aromatic rings. The van der Waals surface area contributed by atoms with Gasteiger partial charge in [0, 0.05) is 77.4 Å². The van der Waals surface area contributed by atoms with Crippen LogP contribution in [0, 0.1) is 17.8 Å². The average Bonchev–Trinajstić information content (AvgIpc) is 1.53. The maximum absolute atomic E-state index is 14.4. The van der Waals surface area contributed by atoms with Gasteiger partial charge in [-0.2, -0.15) is 0 Å². The zero-order chi connectivity index (χ0) is 64.2. The average molecular weight is 1230 g/mol. The number of benzene rings is 1. The van der Waals surface area contributed by atoms with Crippen LogP contribution in [0.4, 0.5) is 0 Å². The van der Waals surface area contributed by atoms with E-state index < -0.39 is 158 Å². The highest BCUT2D eigenvalue weighted by molar-refractivity contribution is 5.89. The standard InChI is InChI=1S/C65H100O22/c1-34-20-19-23-46(66)50(76-13)30-47(67)60(65(74)40(7)54(68)39(6)49(87-65)29-45(33-75-12)82-53-32-64(11,73)59(43(10)80-53)84-52-31-51(77-14)55(69)41(8)79-52)86-61(71)38(5)28-36(3)26-35(2)27-37(4)48(25-24-34)83-63-58(56(70)57(78-15)42(9)81-63)85-62(72)44-21-17-16-18-22-44/h16-18,20-22,24-28,37,39-43,45-60,63,66-70,73-74H,19,23,29-33H2,1-15H3/b25-24+,34-20+,35-27+,36-26+,38-28+/t37-,39+,40-,41-,42+,43+,45-,46+,47+,48-,49?,50+,51-,52+,53+,54+,55-,56-,57+,58+,59+,60-,63+,64+,65-/m1/s1. The molecule has 1 aromatic carbocycles. The Balaban J connectivity index is 1.26. The second-order valence-electron chi connectivity index (χ2n) is 24.7. The van der Waals surface area contributed by atoms with Gasteiger partial charge in [0.15, 0.2) is 31.1 Å². The van der Waals surface area contributed by atoms with Crippen LogP contribution in [0.25, 0.3) is 0 Å². The summed E-state index contributed by atoms with van der Waals surface area (Å²) in [5.41, 5.74) is 1.06. The summed E-state index contributed by atoms with van der Waals surface area (Å²) in [6.45, 7) is 19.1. The van der Waals surface area contributed by atoms with Crippen LogP contribution in [0.3, 0.4) is 0 Å². The number of carbonyl (C=O) groups excluding carboxylic acids is 2. The molecule has 4 fully saturated rings. The van der Waals surface area contributed by atoms with E-state index in [0.717, 1.165) is 11.1 Å². The Morgan fingerprint density at radius 3 is 2.06 bits per heavy atom. The van der Waals surface area contributed by atoms with Crippen molar-refractivity contribution in [2.75, 3.05) is 35.0 Å². The van der Waals surface area contributed by atoms with E-state index in [-0.39, 0.29) is 55.8 Å². The van der Waals surface area contributed by atoms with Crippen LogP contribution in [0.2, 0.25) is 0 Å². The Morgan fingerprint density at radius 1 is 0.736 bits per heavy atom. The Bertz CT molecular complexity index is 2500. The third-order valence-corrected chi connectivity index (χ3v) is 17.6. The molecule has 0 spiro atoms. The van der Waals surface area contributed by atoms with Crippen molar-refractivity contribution in [2.24, 2.45) is 17.8 Å². The lowest BCUT2D eigenvalue weighted by molar-refractivity contribution is -0.366. The number of esters is 2. The van der Waals surface area contributed by atoms with Gasteiger partial charge in [0.1, 0.15) is 24.4 Å². The first kappa shape index (κ1) is 72.2. The van der Waals surface area contributed by atoms with Crippen LogP contribution in [-0.4, -0.2) is 217 Å². The quantitative estimate of drug-likeness (QED) is 0.101. The molecule has 1 unspecified atom stereocenters. The van der Waals surface area contributed by atoms with Crippen molar-refractivity contribution >= 4 is 11.9 Å². The molecule has 25 atom stereocenters. The second kappa shape index (κ2) is 32.4. The monoisotopic (exact) mass is 1230 g/mol. The Morgan fingerprint density at radius 2 is 1.41 bits per heavy atom. The van der Waals surface area contributed by atoms with Gasteiger partial charge in [0.2, 0.25) is 5.79 Å². The first-order valence-corrected chi connectivity index (χ1v) is 30.5. The van der Waals surface area contributed by atoms with Crippen molar-refractivity contribution < 1.29 is 107 Å². The Kier molecular flexibility index (Phi) is 26.9. The van der Waals surface area contributed by atoms with E-state index in [4.69, 9.17) is 61.6 Å². The first-order valence-electron chi connectivity index (χ1n) is 30.5. The summed E-state index contributed by atoms with van der Waals surface area (Å²) in [5, 5.41) is 83.0. The fourth-order valence-corrected chi connectivity index (χ4v) is 12.5. The van der Waals surface area contributed by atoms with Crippen LogP contribution in [-0.2, 0) is 66.4 Å². The van der Waals surface area contributed by atoms with E-state index >= 15 is 0 Å². The third-order valence-electron chi connectivity index (χ3n) is 17.6. The van der Waals surface area contributed by atoms with Crippen molar-refractivity contribution in [3.63, 3.8) is 0 Å². The molecule has 492 valence electrons. The fourth-order valence-electron chi connectivity index (χ4n) is 12.5. The summed E-state index contributed by atoms with van der Waals surface area (Å²) < 4.78 is 79.2. The van der Waals surface area contributed by atoms with Gasteiger partial charge in [-0.3, -0.25) is 0 Å². The van der Waals surface area contributed by atoms with E-state index in [9.17, 15) is 45.3 Å². The molecule has 0 amide bonds. The maximum Gasteiger partial charge on any atom is 0.338 e.